The van der Waals surface area contributed by atoms with Gasteiger partial charge in [0.1, 0.15) is 5.75 Å². The van der Waals surface area contributed by atoms with Crippen LogP contribution in [0.25, 0.3) is 10.8 Å². The number of phenols is 1. The number of amides is 1. The Morgan fingerprint density at radius 3 is 2.38 bits per heavy atom. The number of carbonyl (C=O) groups is 1. The zero-order valence-corrected chi connectivity index (χ0v) is 20.7. The van der Waals surface area contributed by atoms with Gasteiger partial charge in [-0.15, -0.1) is 0 Å². The van der Waals surface area contributed by atoms with Gasteiger partial charge in [0, 0.05) is 17.8 Å². The SMILES string of the molecule is O=C(NCCC(c1ccccc1)C1CC2(CC(c3n[nH]c(=O)c4ccccc34)C2)C1)c1ccccc1O. The molecule has 0 bridgehead atoms. The summed E-state index contributed by atoms with van der Waals surface area (Å²) in [5.41, 5.74) is 2.89. The third-order valence-corrected chi connectivity index (χ3v) is 8.55. The van der Waals surface area contributed by atoms with E-state index in [9.17, 15) is 14.7 Å². The number of carbonyl (C=O) groups excluding carboxylic acids is 1. The molecule has 4 aromatic rings. The summed E-state index contributed by atoms with van der Waals surface area (Å²) in [6.07, 6.45) is 5.44. The predicted octanol–water partition coefficient (Wildman–Crippen LogP) is 5.51. The first kappa shape index (κ1) is 23.5. The number of nitrogens with one attached hydrogen (secondary N) is 2. The van der Waals surface area contributed by atoms with Crippen molar-refractivity contribution in [1.82, 2.24) is 15.5 Å². The minimum Gasteiger partial charge on any atom is -0.507 e. The number of aromatic amines is 1. The molecule has 0 saturated heterocycles. The number of fused-ring (bicyclic) bond motifs is 1. The lowest BCUT2D eigenvalue weighted by Crippen LogP contribution is -2.48. The minimum atomic E-state index is -0.238. The van der Waals surface area contributed by atoms with Gasteiger partial charge in [0.2, 0.25) is 0 Å². The van der Waals surface area contributed by atoms with Gasteiger partial charge < -0.3 is 10.4 Å². The third-order valence-electron chi connectivity index (χ3n) is 8.55. The summed E-state index contributed by atoms with van der Waals surface area (Å²) in [6.45, 7) is 0.562. The van der Waals surface area contributed by atoms with E-state index >= 15 is 0 Å². The summed E-state index contributed by atoms with van der Waals surface area (Å²) < 4.78 is 0. The van der Waals surface area contributed by atoms with Gasteiger partial charge in [0.15, 0.2) is 0 Å². The lowest BCUT2D eigenvalue weighted by atomic mass is 9.45. The highest BCUT2D eigenvalue weighted by atomic mass is 16.3. The van der Waals surface area contributed by atoms with Crippen LogP contribution in [0.4, 0.5) is 0 Å². The number of rotatable bonds is 7. The number of hydrogen-bond acceptors (Lipinski definition) is 4. The van der Waals surface area contributed by atoms with Crippen LogP contribution < -0.4 is 10.9 Å². The van der Waals surface area contributed by atoms with Gasteiger partial charge >= 0.3 is 0 Å². The number of aromatic nitrogens is 2. The molecule has 6 rings (SSSR count). The second-order valence-corrected chi connectivity index (χ2v) is 10.8. The molecule has 188 valence electrons. The molecule has 2 aliphatic carbocycles. The fourth-order valence-corrected chi connectivity index (χ4v) is 6.77. The molecule has 1 aromatic heterocycles. The molecule has 2 saturated carbocycles. The molecular formula is C31H31N3O3. The van der Waals surface area contributed by atoms with Crippen molar-refractivity contribution in [1.29, 1.82) is 0 Å². The van der Waals surface area contributed by atoms with E-state index in [1.54, 1.807) is 18.2 Å². The van der Waals surface area contributed by atoms with E-state index < -0.39 is 0 Å². The average Bonchev–Trinajstić information content (AvgIpc) is 2.88. The van der Waals surface area contributed by atoms with Crippen LogP contribution in [0.15, 0.2) is 83.7 Å². The van der Waals surface area contributed by atoms with Gasteiger partial charge in [-0.25, -0.2) is 5.10 Å². The fraction of sp³-hybridized carbons (Fsp3) is 0.323. The highest BCUT2D eigenvalue weighted by Gasteiger charge is 2.55. The van der Waals surface area contributed by atoms with Crippen LogP contribution in [-0.4, -0.2) is 27.8 Å². The zero-order valence-electron chi connectivity index (χ0n) is 20.7. The fourth-order valence-electron chi connectivity index (χ4n) is 6.77. The van der Waals surface area contributed by atoms with Crippen molar-refractivity contribution >= 4 is 16.7 Å². The average molecular weight is 494 g/mol. The summed E-state index contributed by atoms with van der Waals surface area (Å²) in [5.74, 6) is 1.10. The molecule has 3 aromatic carbocycles. The number of benzene rings is 3. The number of H-pyrrole nitrogens is 1. The van der Waals surface area contributed by atoms with Crippen molar-refractivity contribution in [3.8, 4) is 5.75 Å². The molecular weight excluding hydrogens is 462 g/mol. The van der Waals surface area contributed by atoms with Crippen LogP contribution >= 0.6 is 0 Å². The molecule has 3 N–H and O–H groups in total. The first-order valence-corrected chi connectivity index (χ1v) is 13.1. The van der Waals surface area contributed by atoms with E-state index in [4.69, 9.17) is 0 Å². The molecule has 6 heteroatoms. The second-order valence-electron chi connectivity index (χ2n) is 10.8. The van der Waals surface area contributed by atoms with E-state index in [0.29, 0.717) is 35.3 Å². The van der Waals surface area contributed by atoms with Crippen molar-refractivity contribution in [2.75, 3.05) is 6.54 Å². The van der Waals surface area contributed by atoms with Gasteiger partial charge in [0.05, 0.1) is 16.6 Å². The van der Waals surface area contributed by atoms with Gasteiger partial charge in [-0.1, -0.05) is 60.7 Å². The van der Waals surface area contributed by atoms with E-state index in [0.717, 1.165) is 35.7 Å². The Labute approximate surface area is 215 Å². The molecule has 6 nitrogen and oxygen atoms in total. The summed E-state index contributed by atoms with van der Waals surface area (Å²) in [7, 11) is 0. The van der Waals surface area contributed by atoms with Crippen molar-refractivity contribution in [2.45, 2.75) is 43.9 Å². The van der Waals surface area contributed by atoms with Crippen LogP contribution in [0.1, 0.15) is 65.6 Å². The topological polar surface area (TPSA) is 95.1 Å². The molecule has 1 spiro atoms. The third kappa shape index (κ3) is 4.41. The molecule has 1 unspecified atom stereocenters. The van der Waals surface area contributed by atoms with E-state index in [1.165, 1.54) is 24.5 Å². The van der Waals surface area contributed by atoms with Crippen LogP contribution in [0.2, 0.25) is 0 Å². The molecule has 1 atom stereocenters. The molecule has 0 aliphatic heterocycles. The Kier molecular flexibility index (Phi) is 6.03. The number of para-hydroxylation sites is 1. The Bertz CT molecular complexity index is 1480. The largest absolute Gasteiger partial charge is 0.507 e. The minimum absolute atomic E-state index is 0.00448. The Hall–Kier alpha value is -3.93. The molecule has 2 fully saturated rings. The highest BCUT2D eigenvalue weighted by molar-refractivity contribution is 5.96. The number of aromatic hydroxyl groups is 1. The second kappa shape index (κ2) is 9.51. The van der Waals surface area contributed by atoms with E-state index in [2.05, 4.69) is 39.8 Å². The van der Waals surface area contributed by atoms with Gasteiger partial charge in [-0.2, -0.15) is 5.10 Å². The van der Waals surface area contributed by atoms with Gasteiger partial charge in [0.25, 0.3) is 11.5 Å². The summed E-state index contributed by atoms with van der Waals surface area (Å²) >= 11 is 0. The van der Waals surface area contributed by atoms with Crippen molar-refractivity contribution in [2.24, 2.45) is 11.3 Å². The molecule has 1 heterocycles. The first-order chi connectivity index (χ1) is 18.0. The molecule has 37 heavy (non-hydrogen) atoms. The maximum atomic E-state index is 12.6. The van der Waals surface area contributed by atoms with Gasteiger partial charge in [-0.3, -0.25) is 9.59 Å². The smallest absolute Gasteiger partial charge is 0.272 e. The normalized spacial score (nSPS) is 23.2. The lowest BCUT2D eigenvalue weighted by Gasteiger charge is -2.59. The van der Waals surface area contributed by atoms with Crippen LogP contribution in [-0.2, 0) is 0 Å². The summed E-state index contributed by atoms with van der Waals surface area (Å²) in [6, 6.07) is 25.0. The number of nitrogens with zero attached hydrogens (tertiary/aromatic N) is 1. The molecule has 2 aliphatic rings. The lowest BCUT2D eigenvalue weighted by molar-refractivity contribution is -0.0536. The standard InChI is InChI=1S/C31H31N3O3/c35-27-13-7-6-12-26(27)29(36)32-15-14-23(20-8-2-1-3-9-20)21-16-31(17-21)18-22(19-31)28-24-10-4-5-11-25(24)30(37)34-33-28/h1-13,21-23,35H,14-19H2,(H,32,36)(H,34,37). The Morgan fingerprint density at radius 2 is 1.62 bits per heavy atom. The van der Waals surface area contributed by atoms with Crippen LogP contribution in [0.3, 0.4) is 0 Å². The van der Waals surface area contributed by atoms with Crippen LogP contribution in [0, 0.1) is 11.3 Å². The van der Waals surface area contributed by atoms with E-state index in [-0.39, 0.29) is 17.2 Å². The summed E-state index contributed by atoms with van der Waals surface area (Å²) in [4.78, 5) is 24.8. The highest BCUT2D eigenvalue weighted by Crippen LogP contribution is 2.66. The Balaban J connectivity index is 1.11. The molecule has 0 radical (unpaired) electrons. The van der Waals surface area contributed by atoms with Crippen molar-refractivity contribution < 1.29 is 9.90 Å². The van der Waals surface area contributed by atoms with E-state index in [1.807, 2.05) is 30.3 Å². The van der Waals surface area contributed by atoms with Crippen LogP contribution in [0.5, 0.6) is 5.75 Å². The maximum absolute atomic E-state index is 12.6. The zero-order chi connectivity index (χ0) is 25.4. The number of hydrogen-bond donors (Lipinski definition) is 3. The summed E-state index contributed by atoms with van der Waals surface area (Å²) in [5, 5.41) is 21.8. The van der Waals surface area contributed by atoms with Crippen molar-refractivity contribution in [3.05, 3.63) is 106 Å². The monoisotopic (exact) mass is 493 g/mol. The first-order valence-electron chi connectivity index (χ1n) is 13.1. The molecule has 1 amide bonds. The quantitative estimate of drug-likeness (QED) is 0.317. The van der Waals surface area contributed by atoms with Gasteiger partial charge in [-0.05, 0) is 73.1 Å². The number of phenolic OH excluding ortho intramolecular Hbond substituents is 1. The van der Waals surface area contributed by atoms with Crippen molar-refractivity contribution in [3.63, 3.8) is 0 Å². The predicted molar refractivity (Wildman–Crippen MR) is 144 cm³/mol. The maximum Gasteiger partial charge on any atom is 0.272 e. The Morgan fingerprint density at radius 1 is 0.946 bits per heavy atom.